The second-order valence-electron chi connectivity index (χ2n) is 4.52. The molecule has 0 amide bonds. The fourth-order valence-corrected chi connectivity index (χ4v) is 6.03. The van der Waals surface area contributed by atoms with Gasteiger partial charge in [0.25, 0.3) is 0 Å². The number of halogens is 1. The van der Waals surface area contributed by atoms with Crippen LogP contribution < -0.4 is 5.32 Å². The number of thiophene rings is 1. The molecule has 1 aromatic heterocycles. The van der Waals surface area contributed by atoms with Crippen LogP contribution in [0, 0.1) is 0 Å². The topological polar surface area (TPSA) is 49.4 Å². The lowest BCUT2D eigenvalue weighted by Crippen LogP contribution is -2.31. The summed E-state index contributed by atoms with van der Waals surface area (Å²) in [6.07, 6.45) is 1.89. The maximum Gasteiger partial charge on any atom is 0.245 e. The lowest BCUT2D eigenvalue weighted by molar-refractivity contribution is 0.427. The van der Waals surface area contributed by atoms with E-state index >= 15 is 0 Å². The summed E-state index contributed by atoms with van der Waals surface area (Å²) >= 11 is 4.88. The zero-order valence-corrected chi connectivity index (χ0v) is 15.5. The molecule has 1 N–H and O–H groups in total. The average molecular weight is 383 g/mol. The first-order chi connectivity index (χ1) is 9.47. The van der Waals surface area contributed by atoms with Crippen molar-refractivity contribution in [2.45, 2.75) is 45.1 Å². The third kappa shape index (κ3) is 4.53. The van der Waals surface area contributed by atoms with Crippen molar-refractivity contribution in [1.29, 1.82) is 0 Å². The van der Waals surface area contributed by atoms with Crippen molar-refractivity contribution in [1.82, 2.24) is 9.62 Å². The van der Waals surface area contributed by atoms with Gasteiger partial charge in [-0.3, -0.25) is 0 Å². The van der Waals surface area contributed by atoms with Gasteiger partial charge < -0.3 is 5.32 Å². The number of rotatable bonds is 9. The number of hydrogen-bond acceptors (Lipinski definition) is 4. The fraction of sp³-hybridized carbons (Fsp3) is 0.692. The fourth-order valence-electron chi connectivity index (χ4n) is 1.89. The van der Waals surface area contributed by atoms with Crippen molar-refractivity contribution in [3.05, 3.63) is 14.7 Å². The smallest absolute Gasteiger partial charge is 0.245 e. The van der Waals surface area contributed by atoms with Crippen LogP contribution in [0.5, 0.6) is 0 Å². The molecule has 0 aliphatic rings. The third-order valence-corrected chi connectivity index (χ3v) is 7.10. The molecule has 0 atom stereocenters. The lowest BCUT2D eigenvalue weighted by atomic mass is 10.4. The van der Waals surface area contributed by atoms with Gasteiger partial charge in [-0.05, 0) is 41.4 Å². The summed E-state index contributed by atoms with van der Waals surface area (Å²) in [6.45, 7) is 8.68. The van der Waals surface area contributed by atoms with E-state index in [1.165, 1.54) is 15.6 Å². The summed E-state index contributed by atoms with van der Waals surface area (Å²) in [5.74, 6) is 0. The molecule has 0 fully saturated rings. The Morgan fingerprint density at radius 1 is 1.30 bits per heavy atom. The predicted octanol–water partition coefficient (Wildman–Crippen LogP) is 3.43. The monoisotopic (exact) mass is 382 g/mol. The van der Waals surface area contributed by atoms with Crippen LogP contribution in [-0.2, 0) is 16.6 Å². The van der Waals surface area contributed by atoms with E-state index in [1.54, 1.807) is 6.07 Å². The van der Waals surface area contributed by atoms with E-state index in [2.05, 4.69) is 28.2 Å². The number of nitrogens with zero attached hydrogens (tertiary/aromatic N) is 1. The van der Waals surface area contributed by atoms with Crippen LogP contribution in [0.3, 0.4) is 0 Å². The number of hydrogen-bond donors (Lipinski definition) is 1. The van der Waals surface area contributed by atoms with Gasteiger partial charge in [-0.25, -0.2) is 8.42 Å². The standard InChI is InChI=1S/C13H23BrN2O2S2/c1-4-7-15-10-11-9-12(13(14)19-11)20(17,18)16(6-3)8-5-2/h9,15H,4-8,10H2,1-3H3. The Balaban J connectivity index is 2.94. The number of sulfonamides is 1. The van der Waals surface area contributed by atoms with Crippen LogP contribution in [0.15, 0.2) is 14.7 Å². The van der Waals surface area contributed by atoms with E-state index in [4.69, 9.17) is 0 Å². The Morgan fingerprint density at radius 2 is 2.00 bits per heavy atom. The average Bonchev–Trinajstić information content (AvgIpc) is 2.78. The second-order valence-corrected chi connectivity index (χ2v) is 8.89. The molecule has 0 saturated heterocycles. The molecule has 0 aromatic carbocycles. The minimum absolute atomic E-state index is 0.395. The second kappa shape index (κ2) is 8.48. The Labute approximate surface area is 134 Å². The normalized spacial score (nSPS) is 12.2. The zero-order valence-electron chi connectivity index (χ0n) is 12.3. The first kappa shape index (κ1) is 18.1. The molecule has 116 valence electrons. The minimum atomic E-state index is -3.38. The van der Waals surface area contributed by atoms with Crippen molar-refractivity contribution in [2.75, 3.05) is 19.6 Å². The van der Waals surface area contributed by atoms with Crippen LogP contribution in [-0.4, -0.2) is 32.4 Å². The summed E-state index contributed by atoms with van der Waals surface area (Å²) in [4.78, 5) is 1.43. The lowest BCUT2D eigenvalue weighted by Gasteiger charge is -2.19. The van der Waals surface area contributed by atoms with Gasteiger partial charge in [-0.15, -0.1) is 11.3 Å². The predicted molar refractivity (Wildman–Crippen MR) is 88.7 cm³/mol. The van der Waals surface area contributed by atoms with E-state index < -0.39 is 10.0 Å². The van der Waals surface area contributed by atoms with Gasteiger partial charge in [0.05, 0.1) is 3.79 Å². The Bertz CT molecular complexity index is 514. The molecule has 7 heteroatoms. The van der Waals surface area contributed by atoms with Gasteiger partial charge in [-0.1, -0.05) is 20.8 Å². The molecule has 0 spiro atoms. The van der Waals surface area contributed by atoms with Gasteiger partial charge in [0, 0.05) is 24.5 Å². The minimum Gasteiger partial charge on any atom is -0.312 e. The summed E-state index contributed by atoms with van der Waals surface area (Å²) < 4.78 is 27.4. The van der Waals surface area contributed by atoms with E-state index in [1.807, 2.05) is 13.8 Å². The van der Waals surface area contributed by atoms with Gasteiger partial charge >= 0.3 is 0 Å². The highest BCUT2D eigenvalue weighted by molar-refractivity contribution is 9.11. The summed E-state index contributed by atoms with van der Waals surface area (Å²) in [7, 11) is -3.38. The molecule has 0 aliphatic carbocycles. The van der Waals surface area contributed by atoms with Crippen molar-refractivity contribution in [3.63, 3.8) is 0 Å². The van der Waals surface area contributed by atoms with Crippen molar-refractivity contribution >= 4 is 37.3 Å². The molecule has 0 radical (unpaired) electrons. The van der Waals surface area contributed by atoms with Crippen molar-refractivity contribution in [2.24, 2.45) is 0 Å². The van der Waals surface area contributed by atoms with E-state index in [0.717, 1.165) is 24.3 Å². The molecule has 0 saturated carbocycles. The highest BCUT2D eigenvalue weighted by Gasteiger charge is 2.26. The Hall–Kier alpha value is 0.0500. The molecule has 20 heavy (non-hydrogen) atoms. The van der Waals surface area contributed by atoms with Gasteiger partial charge in [0.15, 0.2) is 0 Å². The van der Waals surface area contributed by atoms with E-state index in [9.17, 15) is 8.42 Å². The largest absolute Gasteiger partial charge is 0.312 e. The molecule has 1 rings (SSSR count). The highest BCUT2D eigenvalue weighted by atomic mass is 79.9. The Morgan fingerprint density at radius 3 is 2.55 bits per heavy atom. The van der Waals surface area contributed by atoms with E-state index in [-0.39, 0.29) is 0 Å². The highest BCUT2D eigenvalue weighted by Crippen LogP contribution is 2.33. The van der Waals surface area contributed by atoms with Gasteiger partial charge in [-0.2, -0.15) is 4.31 Å². The first-order valence-electron chi connectivity index (χ1n) is 6.96. The van der Waals surface area contributed by atoms with Crippen LogP contribution in [0.4, 0.5) is 0 Å². The molecule has 0 aliphatic heterocycles. The van der Waals surface area contributed by atoms with Crippen LogP contribution in [0.25, 0.3) is 0 Å². The maximum absolute atomic E-state index is 12.6. The molecular formula is C13H23BrN2O2S2. The maximum atomic E-state index is 12.6. The molecular weight excluding hydrogens is 360 g/mol. The first-order valence-corrected chi connectivity index (χ1v) is 10.0. The van der Waals surface area contributed by atoms with Gasteiger partial charge in [0.1, 0.15) is 4.90 Å². The molecule has 4 nitrogen and oxygen atoms in total. The quantitative estimate of drug-likeness (QED) is 0.665. The Kier molecular flexibility index (Phi) is 7.68. The zero-order chi connectivity index (χ0) is 15.2. The molecule has 0 bridgehead atoms. The molecule has 1 aromatic rings. The van der Waals surface area contributed by atoms with Crippen LogP contribution >= 0.6 is 27.3 Å². The van der Waals surface area contributed by atoms with E-state index in [0.29, 0.717) is 28.3 Å². The van der Waals surface area contributed by atoms with Crippen LogP contribution in [0.1, 0.15) is 38.5 Å². The summed E-state index contributed by atoms with van der Waals surface area (Å²) in [5.41, 5.74) is 0. The number of nitrogens with one attached hydrogen (secondary N) is 1. The summed E-state index contributed by atoms with van der Waals surface area (Å²) in [6, 6.07) is 1.78. The SMILES string of the molecule is CCCNCc1cc(S(=O)(=O)N(CC)CCC)c(Br)s1. The van der Waals surface area contributed by atoms with Crippen LogP contribution in [0.2, 0.25) is 0 Å². The molecule has 1 heterocycles. The molecule has 0 unspecified atom stereocenters. The third-order valence-electron chi connectivity index (χ3n) is 2.88. The van der Waals surface area contributed by atoms with Crippen molar-refractivity contribution in [3.8, 4) is 0 Å². The van der Waals surface area contributed by atoms with Gasteiger partial charge in [0.2, 0.25) is 10.0 Å². The van der Waals surface area contributed by atoms with Crippen molar-refractivity contribution < 1.29 is 8.42 Å². The summed E-state index contributed by atoms with van der Waals surface area (Å²) in [5, 5.41) is 3.29.